The average Bonchev–Trinajstić information content (AvgIpc) is 2.65. The van der Waals surface area contributed by atoms with Crippen molar-refractivity contribution in [2.45, 2.75) is 6.04 Å². The standard InChI is InChI=1S/C10H10BrNO3.ClH/c1-14-9-3-2-6(11)4-7(9)8-5-15-10(13)12-8;/h2-4,8H,5H2,1H3,(H,12,13);1H/t8-;/m0./s1. The molecule has 1 saturated heterocycles. The van der Waals surface area contributed by atoms with Gasteiger partial charge in [-0.15, -0.1) is 12.4 Å². The van der Waals surface area contributed by atoms with Gasteiger partial charge in [0.1, 0.15) is 12.4 Å². The molecule has 0 saturated carbocycles. The zero-order chi connectivity index (χ0) is 10.8. The number of hydrogen-bond donors (Lipinski definition) is 1. The van der Waals surface area contributed by atoms with Crippen LogP contribution in [0, 0.1) is 0 Å². The first kappa shape index (κ1) is 13.1. The van der Waals surface area contributed by atoms with Crippen LogP contribution in [0.5, 0.6) is 5.75 Å². The minimum atomic E-state index is -0.387. The van der Waals surface area contributed by atoms with Crippen molar-refractivity contribution in [1.29, 1.82) is 0 Å². The molecule has 4 nitrogen and oxygen atoms in total. The van der Waals surface area contributed by atoms with Gasteiger partial charge in [0.15, 0.2) is 0 Å². The molecule has 1 aromatic rings. The van der Waals surface area contributed by atoms with Crippen LogP contribution < -0.4 is 10.1 Å². The maximum Gasteiger partial charge on any atom is 0.407 e. The predicted octanol–water partition coefficient (Wildman–Crippen LogP) is 2.66. The summed E-state index contributed by atoms with van der Waals surface area (Å²) in [6, 6.07) is 5.52. The van der Waals surface area contributed by atoms with E-state index in [0.717, 1.165) is 15.8 Å². The molecule has 1 aliphatic heterocycles. The third-order valence-electron chi connectivity index (χ3n) is 2.24. The van der Waals surface area contributed by atoms with E-state index in [2.05, 4.69) is 21.2 Å². The molecule has 0 aliphatic carbocycles. The van der Waals surface area contributed by atoms with E-state index in [9.17, 15) is 4.79 Å². The number of cyclic esters (lactones) is 1. The van der Waals surface area contributed by atoms with Gasteiger partial charge < -0.3 is 14.8 Å². The SMILES string of the molecule is COc1ccc(Br)cc1[C@@H]1COC(=O)N1.Cl. The minimum absolute atomic E-state index is 0. The largest absolute Gasteiger partial charge is 0.496 e. The first-order valence-corrected chi connectivity index (χ1v) is 5.26. The lowest BCUT2D eigenvalue weighted by Crippen LogP contribution is -2.18. The maximum atomic E-state index is 10.9. The van der Waals surface area contributed by atoms with E-state index in [-0.39, 0.29) is 24.5 Å². The zero-order valence-electron chi connectivity index (χ0n) is 8.53. The number of nitrogens with one attached hydrogen (secondary N) is 1. The molecule has 1 atom stereocenters. The minimum Gasteiger partial charge on any atom is -0.496 e. The number of hydrogen-bond acceptors (Lipinski definition) is 3. The smallest absolute Gasteiger partial charge is 0.407 e. The van der Waals surface area contributed by atoms with Gasteiger partial charge in [0.25, 0.3) is 0 Å². The Kier molecular flexibility index (Phi) is 4.44. The fraction of sp³-hybridized carbons (Fsp3) is 0.300. The van der Waals surface area contributed by atoms with Crippen molar-refractivity contribution in [2.24, 2.45) is 0 Å². The first-order valence-electron chi connectivity index (χ1n) is 4.47. The number of carbonyl (C=O) groups excluding carboxylic acids is 1. The number of alkyl carbamates (subject to hydrolysis) is 1. The average molecular weight is 309 g/mol. The number of halogens is 2. The van der Waals surface area contributed by atoms with Crippen molar-refractivity contribution in [2.75, 3.05) is 13.7 Å². The number of amides is 1. The van der Waals surface area contributed by atoms with E-state index in [1.165, 1.54) is 0 Å². The fourth-order valence-electron chi connectivity index (χ4n) is 1.53. The lowest BCUT2D eigenvalue weighted by atomic mass is 10.1. The molecular formula is C10H11BrClNO3. The normalized spacial score (nSPS) is 18.4. The van der Waals surface area contributed by atoms with Gasteiger partial charge in [0.05, 0.1) is 13.2 Å². The second-order valence-electron chi connectivity index (χ2n) is 3.18. The number of rotatable bonds is 2. The zero-order valence-corrected chi connectivity index (χ0v) is 10.9. The van der Waals surface area contributed by atoms with Crippen molar-refractivity contribution in [3.63, 3.8) is 0 Å². The van der Waals surface area contributed by atoms with Crippen LogP contribution in [0.1, 0.15) is 11.6 Å². The van der Waals surface area contributed by atoms with Gasteiger partial charge in [-0.25, -0.2) is 4.79 Å². The Hall–Kier alpha value is -0.940. The summed E-state index contributed by atoms with van der Waals surface area (Å²) in [6.07, 6.45) is -0.387. The Labute approximate surface area is 108 Å². The van der Waals surface area contributed by atoms with Gasteiger partial charge in [0.2, 0.25) is 0 Å². The van der Waals surface area contributed by atoms with Crippen LogP contribution in [0.2, 0.25) is 0 Å². The van der Waals surface area contributed by atoms with Gasteiger partial charge in [-0.3, -0.25) is 0 Å². The lowest BCUT2D eigenvalue weighted by Gasteiger charge is -2.12. The van der Waals surface area contributed by atoms with Gasteiger partial charge in [-0.1, -0.05) is 15.9 Å². The van der Waals surface area contributed by atoms with Gasteiger partial charge in [-0.05, 0) is 18.2 Å². The molecule has 1 amide bonds. The third-order valence-corrected chi connectivity index (χ3v) is 2.73. The van der Waals surface area contributed by atoms with Gasteiger partial charge in [-0.2, -0.15) is 0 Å². The summed E-state index contributed by atoms with van der Waals surface area (Å²) in [6.45, 7) is 0.339. The summed E-state index contributed by atoms with van der Waals surface area (Å²) < 4.78 is 11.0. The maximum absolute atomic E-state index is 10.9. The number of benzene rings is 1. The molecule has 6 heteroatoms. The van der Waals surface area contributed by atoms with Crippen LogP contribution in [0.4, 0.5) is 4.79 Å². The molecular weight excluding hydrogens is 297 g/mol. The summed E-state index contributed by atoms with van der Waals surface area (Å²) in [5.41, 5.74) is 0.915. The summed E-state index contributed by atoms with van der Waals surface area (Å²) in [5, 5.41) is 2.71. The van der Waals surface area contributed by atoms with E-state index in [4.69, 9.17) is 9.47 Å². The molecule has 1 N–H and O–H groups in total. The molecule has 0 spiro atoms. The second-order valence-corrected chi connectivity index (χ2v) is 4.10. The van der Waals surface area contributed by atoms with E-state index in [1.807, 2.05) is 18.2 Å². The molecule has 0 bridgehead atoms. The van der Waals surface area contributed by atoms with Crippen LogP contribution in [0.15, 0.2) is 22.7 Å². The highest BCUT2D eigenvalue weighted by atomic mass is 79.9. The van der Waals surface area contributed by atoms with Crippen molar-refractivity contribution in [3.8, 4) is 5.75 Å². The molecule has 16 heavy (non-hydrogen) atoms. The number of carbonyl (C=O) groups is 1. The highest BCUT2D eigenvalue weighted by Gasteiger charge is 2.26. The molecule has 88 valence electrons. The van der Waals surface area contributed by atoms with Crippen LogP contribution in [0.3, 0.4) is 0 Å². The van der Waals surface area contributed by atoms with E-state index in [0.29, 0.717) is 6.61 Å². The Bertz CT molecular complexity index is 400. The Morgan fingerprint density at radius 3 is 2.88 bits per heavy atom. The fourth-order valence-corrected chi connectivity index (χ4v) is 1.91. The summed E-state index contributed by atoms with van der Waals surface area (Å²) >= 11 is 3.38. The van der Waals surface area contributed by atoms with E-state index >= 15 is 0 Å². The number of methoxy groups -OCH3 is 1. The molecule has 2 rings (SSSR count). The van der Waals surface area contributed by atoms with E-state index < -0.39 is 0 Å². The molecule has 1 fully saturated rings. The predicted molar refractivity (Wildman–Crippen MR) is 65.2 cm³/mol. The highest BCUT2D eigenvalue weighted by molar-refractivity contribution is 9.10. The molecule has 1 heterocycles. The van der Waals surface area contributed by atoms with Crippen LogP contribution in [0.25, 0.3) is 0 Å². The summed E-state index contributed by atoms with van der Waals surface area (Å²) in [5.74, 6) is 0.744. The molecule has 1 aliphatic rings. The van der Waals surface area contributed by atoms with Crippen molar-refractivity contribution in [3.05, 3.63) is 28.2 Å². The summed E-state index contributed by atoms with van der Waals surface area (Å²) in [4.78, 5) is 10.9. The van der Waals surface area contributed by atoms with E-state index in [1.54, 1.807) is 7.11 Å². The van der Waals surface area contributed by atoms with Crippen LogP contribution >= 0.6 is 28.3 Å². The lowest BCUT2D eigenvalue weighted by molar-refractivity contribution is 0.177. The van der Waals surface area contributed by atoms with Gasteiger partial charge >= 0.3 is 6.09 Å². The van der Waals surface area contributed by atoms with Crippen molar-refractivity contribution in [1.82, 2.24) is 5.32 Å². The molecule has 0 unspecified atom stereocenters. The Balaban J connectivity index is 0.00000128. The van der Waals surface area contributed by atoms with Crippen LogP contribution in [-0.2, 0) is 4.74 Å². The second kappa shape index (κ2) is 5.41. The quantitative estimate of drug-likeness (QED) is 0.914. The molecule has 0 aromatic heterocycles. The summed E-state index contributed by atoms with van der Waals surface area (Å²) in [7, 11) is 1.60. The Morgan fingerprint density at radius 2 is 2.31 bits per heavy atom. The monoisotopic (exact) mass is 307 g/mol. The number of ether oxygens (including phenoxy) is 2. The molecule has 1 aromatic carbocycles. The van der Waals surface area contributed by atoms with Gasteiger partial charge in [0, 0.05) is 10.0 Å². The van der Waals surface area contributed by atoms with Crippen molar-refractivity contribution >= 4 is 34.4 Å². The first-order chi connectivity index (χ1) is 7.20. The highest BCUT2D eigenvalue weighted by Crippen LogP contribution is 2.30. The van der Waals surface area contributed by atoms with Crippen LogP contribution in [-0.4, -0.2) is 19.8 Å². The van der Waals surface area contributed by atoms with Crippen molar-refractivity contribution < 1.29 is 14.3 Å². The Morgan fingerprint density at radius 1 is 1.56 bits per heavy atom. The topological polar surface area (TPSA) is 47.6 Å². The molecule has 0 radical (unpaired) electrons. The third kappa shape index (κ3) is 2.59.